The third kappa shape index (κ3) is 5.82. The summed E-state index contributed by atoms with van der Waals surface area (Å²) in [5.74, 6) is -1.19. The molecule has 0 aromatic carbocycles. The van der Waals surface area contributed by atoms with Crippen molar-refractivity contribution < 1.29 is 22.7 Å². The molecule has 1 heterocycles. The molecule has 0 spiro atoms. The zero-order valence-corrected chi connectivity index (χ0v) is 15.2. The van der Waals surface area contributed by atoms with E-state index in [1.807, 2.05) is 0 Å². The number of aryl methyl sites for hydroxylation is 1. The van der Waals surface area contributed by atoms with Gasteiger partial charge in [-0.2, -0.15) is 9.82 Å². The van der Waals surface area contributed by atoms with Crippen LogP contribution < -0.4 is 10.0 Å². The van der Waals surface area contributed by atoms with Crippen LogP contribution in [0.3, 0.4) is 0 Å². The number of nitrogens with zero attached hydrogens (tertiary/aromatic N) is 2. The van der Waals surface area contributed by atoms with Gasteiger partial charge in [0.2, 0.25) is 10.0 Å². The topological polar surface area (TPSA) is 119 Å². The minimum Gasteiger partial charge on any atom is -0.452 e. The number of amides is 1. The molecule has 1 fully saturated rings. The van der Waals surface area contributed by atoms with Gasteiger partial charge in [-0.15, -0.1) is 0 Å². The van der Waals surface area contributed by atoms with E-state index >= 15 is 0 Å². The number of sulfonamides is 1. The molecule has 10 heteroatoms. The number of nitrogens with one attached hydrogen (secondary N) is 2. The van der Waals surface area contributed by atoms with E-state index in [0.29, 0.717) is 0 Å². The van der Waals surface area contributed by atoms with Crippen LogP contribution in [0.15, 0.2) is 17.3 Å². The van der Waals surface area contributed by atoms with Gasteiger partial charge in [0, 0.05) is 19.3 Å². The van der Waals surface area contributed by atoms with Crippen LogP contribution in [0.5, 0.6) is 0 Å². The minimum atomic E-state index is -3.85. The Kier molecular flexibility index (Phi) is 6.54. The number of ether oxygens (including phenoxy) is 1. The number of esters is 1. The molecule has 0 radical (unpaired) electrons. The number of hydrogen-bond donors (Lipinski definition) is 2. The van der Waals surface area contributed by atoms with Gasteiger partial charge in [0.15, 0.2) is 6.10 Å². The molecule has 1 aromatic heterocycles. The Morgan fingerprint density at radius 2 is 2.04 bits per heavy atom. The lowest BCUT2D eigenvalue weighted by molar-refractivity contribution is -0.154. The van der Waals surface area contributed by atoms with E-state index in [4.69, 9.17) is 4.74 Å². The van der Waals surface area contributed by atoms with E-state index in [1.54, 1.807) is 7.05 Å². The van der Waals surface area contributed by atoms with E-state index in [-0.39, 0.29) is 16.8 Å². The van der Waals surface area contributed by atoms with Crippen LogP contribution in [0.2, 0.25) is 0 Å². The van der Waals surface area contributed by atoms with Gasteiger partial charge in [-0.1, -0.05) is 19.3 Å². The van der Waals surface area contributed by atoms with E-state index in [9.17, 15) is 18.0 Å². The second-order valence-corrected chi connectivity index (χ2v) is 7.92. The number of carbonyl (C=O) groups is 2. The van der Waals surface area contributed by atoms with Crippen molar-refractivity contribution in [2.45, 2.75) is 56.1 Å². The van der Waals surface area contributed by atoms with Crippen LogP contribution >= 0.6 is 0 Å². The molecule has 0 aliphatic heterocycles. The van der Waals surface area contributed by atoms with Crippen LogP contribution in [-0.2, 0) is 31.4 Å². The highest BCUT2D eigenvalue weighted by Gasteiger charge is 2.23. The van der Waals surface area contributed by atoms with Gasteiger partial charge in [-0.05, 0) is 19.8 Å². The van der Waals surface area contributed by atoms with Crippen molar-refractivity contribution in [3.8, 4) is 0 Å². The summed E-state index contributed by atoms with van der Waals surface area (Å²) in [6, 6.07) is 0.117. The summed E-state index contributed by atoms with van der Waals surface area (Å²) < 4.78 is 32.4. The molecule has 1 aliphatic carbocycles. The van der Waals surface area contributed by atoms with Gasteiger partial charge in [0.1, 0.15) is 11.4 Å². The van der Waals surface area contributed by atoms with Crippen molar-refractivity contribution in [3.63, 3.8) is 0 Å². The van der Waals surface area contributed by atoms with Crippen LogP contribution in [0, 0.1) is 0 Å². The van der Waals surface area contributed by atoms with Gasteiger partial charge in [-0.25, -0.2) is 8.42 Å². The fourth-order valence-electron chi connectivity index (χ4n) is 2.63. The molecule has 2 N–H and O–H groups in total. The van der Waals surface area contributed by atoms with Crippen molar-refractivity contribution in [2.24, 2.45) is 7.05 Å². The summed E-state index contributed by atoms with van der Waals surface area (Å²) in [7, 11) is -2.26. The fraction of sp³-hybridized carbons (Fsp3) is 0.667. The number of rotatable bonds is 7. The third-order valence-electron chi connectivity index (χ3n) is 4.03. The summed E-state index contributed by atoms with van der Waals surface area (Å²) in [5.41, 5.74) is 0. The number of carbonyl (C=O) groups excluding carboxylic acids is 2. The van der Waals surface area contributed by atoms with Gasteiger partial charge < -0.3 is 10.1 Å². The molecule has 25 heavy (non-hydrogen) atoms. The number of hydrogen-bond acceptors (Lipinski definition) is 6. The minimum absolute atomic E-state index is 0.0501. The monoisotopic (exact) mass is 372 g/mol. The van der Waals surface area contributed by atoms with Crippen molar-refractivity contribution in [2.75, 3.05) is 6.54 Å². The first-order chi connectivity index (χ1) is 11.8. The third-order valence-corrected chi connectivity index (χ3v) is 5.38. The van der Waals surface area contributed by atoms with Crippen molar-refractivity contribution >= 4 is 21.9 Å². The summed E-state index contributed by atoms with van der Waals surface area (Å²) in [6.07, 6.45) is 6.70. The molecular formula is C15H24N4O5S. The molecule has 0 saturated heterocycles. The lowest BCUT2D eigenvalue weighted by Gasteiger charge is -2.24. The van der Waals surface area contributed by atoms with Crippen molar-refractivity contribution in [1.29, 1.82) is 0 Å². The quantitative estimate of drug-likeness (QED) is 0.654. The second kappa shape index (κ2) is 8.43. The van der Waals surface area contributed by atoms with E-state index in [1.165, 1.54) is 30.4 Å². The predicted molar refractivity (Wildman–Crippen MR) is 89.0 cm³/mol. The molecule has 1 aromatic rings. The van der Waals surface area contributed by atoms with E-state index < -0.39 is 28.6 Å². The Balaban J connectivity index is 1.77. The maximum absolute atomic E-state index is 12.0. The Hall–Kier alpha value is -1.94. The molecule has 1 saturated carbocycles. The van der Waals surface area contributed by atoms with Gasteiger partial charge >= 0.3 is 5.97 Å². The average molecular weight is 372 g/mol. The Morgan fingerprint density at radius 1 is 1.36 bits per heavy atom. The zero-order chi connectivity index (χ0) is 18.4. The normalized spacial score (nSPS) is 17.0. The van der Waals surface area contributed by atoms with Gasteiger partial charge in [0.05, 0.1) is 6.20 Å². The summed E-state index contributed by atoms with van der Waals surface area (Å²) >= 11 is 0. The maximum Gasteiger partial charge on any atom is 0.321 e. The molecule has 1 aliphatic rings. The van der Waals surface area contributed by atoms with Gasteiger partial charge in [0.25, 0.3) is 5.91 Å². The number of aromatic nitrogens is 2. The Bertz CT molecular complexity index is 709. The fourth-order valence-corrected chi connectivity index (χ4v) is 3.58. The molecule has 2 rings (SSSR count). The smallest absolute Gasteiger partial charge is 0.321 e. The van der Waals surface area contributed by atoms with Crippen LogP contribution in [-0.4, -0.2) is 48.8 Å². The molecular weight excluding hydrogens is 348 g/mol. The lowest BCUT2D eigenvalue weighted by atomic mass is 9.95. The highest BCUT2D eigenvalue weighted by atomic mass is 32.2. The zero-order valence-electron chi connectivity index (χ0n) is 14.4. The van der Waals surface area contributed by atoms with E-state index in [0.717, 1.165) is 25.7 Å². The largest absolute Gasteiger partial charge is 0.452 e. The first kappa shape index (κ1) is 19.4. The molecule has 1 amide bonds. The van der Waals surface area contributed by atoms with E-state index in [2.05, 4.69) is 15.1 Å². The average Bonchev–Trinajstić information content (AvgIpc) is 3.01. The van der Waals surface area contributed by atoms with Crippen molar-refractivity contribution in [1.82, 2.24) is 19.8 Å². The first-order valence-electron chi connectivity index (χ1n) is 8.26. The first-order valence-corrected chi connectivity index (χ1v) is 9.74. The SMILES string of the molecule is CC(OC(=O)CNS(=O)(=O)c1cnn(C)c1)C(=O)NC1CCCCC1. The van der Waals surface area contributed by atoms with Crippen LogP contribution in [0.25, 0.3) is 0 Å². The predicted octanol–water partition coefficient (Wildman–Crippen LogP) is 0.0790. The summed E-state index contributed by atoms with van der Waals surface area (Å²) in [6.45, 7) is 0.907. The van der Waals surface area contributed by atoms with Crippen LogP contribution in [0.4, 0.5) is 0 Å². The highest BCUT2D eigenvalue weighted by Crippen LogP contribution is 2.17. The maximum atomic E-state index is 12.0. The molecule has 1 unspecified atom stereocenters. The Morgan fingerprint density at radius 3 is 2.64 bits per heavy atom. The molecule has 1 atom stereocenters. The summed E-state index contributed by atoms with van der Waals surface area (Å²) in [5, 5.41) is 6.62. The van der Waals surface area contributed by atoms with Crippen molar-refractivity contribution in [3.05, 3.63) is 12.4 Å². The second-order valence-electron chi connectivity index (χ2n) is 6.15. The molecule has 140 valence electrons. The molecule has 9 nitrogen and oxygen atoms in total. The highest BCUT2D eigenvalue weighted by molar-refractivity contribution is 7.89. The van der Waals surface area contributed by atoms with Gasteiger partial charge in [-0.3, -0.25) is 14.3 Å². The summed E-state index contributed by atoms with van der Waals surface area (Å²) in [4.78, 5) is 23.8. The van der Waals surface area contributed by atoms with Crippen LogP contribution in [0.1, 0.15) is 39.0 Å². The Labute approximate surface area is 147 Å². The lowest BCUT2D eigenvalue weighted by Crippen LogP contribution is -2.43. The molecule has 0 bridgehead atoms. The standard InChI is InChI=1S/C15H24N4O5S/c1-11(15(21)18-12-6-4-3-5-7-12)24-14(20)9-17-25(22,23)13-8-16-19(2)10-13/h8,10-12,17H,3-7,9H2,1-2H3,(H,18,21).